The second-order valence-electron chi connectivity index (χ2n) is 3.95. The molecule has 2 heterocycles. The van der Waals surface area contributed by atoms with Crippen LogP contribution in [0, 0.1) is 17.3 Å². The van der Waals surface area contributed by atoms with Crippen LogP contribution in [0.5, 0.6) is 0 Å². The zero-order valence-electron chi connectivity index (χ0n) is 10.1. The molecule has 0 amide bonds. The normalized spacial score (nSPS) is 10.2. The summed E-state index contributed by atoms with van der Waals surface area (Å²) >= 11 is 0. The number of nitrogens with zero attached hydrogens (tertiary/aromatic N) is 4. The first-order chi connectivity index (χ1) is 9.78. The lowest BCUT2D eigenvalue weighted by atomic mass is 10.1. The van der Waals surface area contributed by atoms with Gasteiger partial charge in [-0.1, -0.05) is 17.3 Å². The molecule has 2 aromatic heterocycles. The third-order valence-corrected chi connectivity index (χ3v) is 2.69. The standard InChI is InChI=1S/C14H7FN4O/c15-12-6-5-10(8-17-12)14-18-13(19-20-14)11-4-2-1-3-9(11)7-16/h1-6,8H. The number of aromatic nitrogens is 3. The van der Waals surface area contributed by atoms with Crippen molar-refractivity contribution in [3.63, 3.8) is 0 Å². The number of pyridine rings is 1. The zero-order chi connectivity index (χ0) is 13.9. The summed E-state index contributed by atoms with van der Waals surface area (Å²) in [6.07, 6.45) is 1.31. The molecule has 3 aromatic rings. The Kier molecular flexibility index (Phi) is 2.94. The van der Waals surface area contributed by atoms with Crippen LogP contribution in [0.2, 0.25) is 0 Å². The summed E-state index contributed by atoms with van der Waals surface area (Å²) in [5.41, 5.74) is 1.55. The first kappa shape index (κ1) is 12.0. The maximum Gasteiger partial charge on any atom is 0.259 e. The summed E-state index contributed by atoms with van der Waals surface area (Å²) in [6.45, 7) is 0. The van der Waals surface area contributed by atoms with E-state index in [1.807, 2.05) is 0 Å². The van der Waals surface area contributed by atoms with Gasteiger partial charge in [0.15, 0.2) is 0 Å². The van der Waals surface area contributed by atoms with Gasteiger partial charge in [0.05, 0.1) is 17.2 Å². The topological polar surface area (TPSA) is 75.6 Å². The third kappa shape index (κ3) is 2.12. The highest BCUT2D eigenvalue weighted by Gasteiger charge is 2.13. The van der Waals surface area contributed by atoms with Crippen molar-refractivity contribution in [2.24, 2.45) is 0 Å². The van der Waals surface area contributed by atoms with Crippen molar-refractivity contribution in [2.75, 3.05) is 0 Å². The van der Waals surface area contributed by atoms with Gasteiger partial charge < -0.3 is 4.52 Å². The van der Waals surface area contributed by atoms with Crippen molar-refractivity contribution in [3.05, 3.63) is 54.1 Å². The number of hydrogen-bond acceptors (Lipinski definition) is 5. The van der Waals surface area contributed by atoms with Crippen LogP contribution in [0.25, 0.3) is 22.8 Å². The maximum atomic E-state index is 12.8. The van der Waals surface area contributed by atoms with Gasteiger partial charge in [-0.05, 0) is 24.3 Å². The van der Waals surface area contributed by atoms with E-state index < -0.39 is 5.95 Å². The molecule has 0 N–H and O–H groups in total. The second-order valence-corrected chi connectivity index (χ2v) is 3.95. The first-order valence-corrected chi connectivity index (χ1v) is 5.73. The largest absolute Gasteiger partial charge is 0.334 e. The van der Waals surface area contributed by atoms with Crippen LogP contribution < -0.4 is 0 Å². The molecule has 96 valence electrons. The third-order valence-electron chi connectivity index (χ3n) is 2.69. The predicted molar refractivity (Wildman–Crippen MR) is 67.6 cm³/mol. The SMILES string of the molecule is N#Cc1ccccc1-c1noc(-c2ccc(F)nc2)n1. The summed E-state index contributed by atoms with van der Waals surface area (Å²) in [5, 5.41) is 12.9. The lowest BCUT2D eigenvalue weighted by Crippen LogP contribution is -1.86. The first-order valence-electron chi connectivity index (χ1n) is 5.73. The van der Waals surface area contributed by atoms with Crippen molar-refractivity contribution in [1.82, 2.24) is 15.1 Å². The Balaban J connectivity index is 2.02. The van der Waals surface area contributed by atoms with Gasteiger partial charge >= 0.3 is 0 Å². The van der Waals surface area contributed by atoms with E-state index in [0.29, 0.717) is 22.5 Å². The molecular formula is C14H7FN4O. The number of halogens is 1. The second kappa shape index (κ2) is 4.90. The minimum absolute atomic E-state index is 0.222. The van der Waals surface area contributed by atoms with Gasteiger partial charge in [0, 0.05) is 11.8 Å². The highest BCUT2D eigenvalue weighted by Crippen LogP contribution is 2.23. The van der Waals surface area contributed by atoms with Crippen LogP contribution in [0.1, 0.15) is 5.56 Å². The van der Waals surface area contributed by atoms with E-state index in [2.05, 4.69) is 21.2 Å². The molecule has 3 rings (SSSR count). The lowest BCUT2D eigenvalue weighted by Gasteiger charge is -1.96. The van der Waals surface area contributed by atoms with Crippen LogP contribution in [-0.4, -0.2) is 15.1 Å². The van der Waals surface area contributed by atoms with Crippen molar-refractivity contribution in [2.45, 2.75) is 0 Å². The Morgan fingerprint density at radius 2 is 2.00 bits per heavy atom. The van der Waals surface area contributed by atoms with Gasteiger partial charge in [0.25, 0.3) is 5.89 Å². The van der Waals surface area contributed by atoms with Gasteiger partial charge in [-0.25, -0.2) is 4.98 Å². The summed E-state index contributed by atoms with van der Waals surface area (Å²) in [4.78, 5) is 7.72. The van der Waals surface area contributed by atoms with E-state index >= 15 is 0 Å². The maximum absolute atomic E-state index is 12.8. The average Bonchev–Trinajstić information content (AvgIpc) is 2.97. The van der Waals surface area contributed by atoms with Gasteiger partial charge in [0.2, 0.25) is 11.8 Å². The Morgan fingerprint density at radius 1 is 1.15 bits per heavy atom. The van der Waals surface area contributed by atoms with E-state index in [9.17, 15) is 4.39 Å². The minimum atomic E-state index is -0.580. The van der Waals surface area contributed by atoms with Gasteiger partial charge in [-0.3, -0.25) is 0 Å². The molecule has 6 heteroatoms. The number of rotatable bonds is 2. The molecule has 0 atom stereocenters. The van der Waals surface area contributed by atoms with E-state index in [-0.39, 0.29) is 5.89 Å². The molecule has 0 bridgehead atoms. The lowest BCUT2D eigenvalue weighted by molar-refractivity contribution is 0.432. The Labute approximate surface area is 113 Å². The van der Waals surface area contributed by atoms with E-state index in [4.69, 9.17) is 9.78 Å². The fourth-order valence-electron chi connectivity index (χ4n) is 1.73. The molecule has 0 aliphatic heterocycles. The molecule has 0 aliphatic rings. The van der Waals surface area contributed by atoms with Crippen LogP contribution in [0.15, 0.2) is 47.1 Å². The smallest absolute Gasteiger partial charge is 0.259 e. The molecule has 0 fully saturated rings. The molecule has 0 saturated carbocycles. The highest BCUT2D eigenvalue weighted by atomic mass is 19.1. The molecule has 20 heavy (non-hydrogen) atoms. The fourth-order valence-corrected chi connectivity index (χ4v) is 1.73. The fraction of sp³-hybridized carbons (Fsp3) is 0. The molecule has 0 saturated heterocycles. The summed E-state index contributed by atoms with van der Waals surface area (Å²) in [6, 6.07) is 11.7. The number of benzene rings is 1. The predicted octanol–water partition coefficient (Wildman–Crippen LogP) is 2.81. The summed E-state index contributed by atoms with van der Waals surface area (Å²) in [7, 11) is 0. The number of hydrogen-bond donors (Lipinski definition) is 0. The molecule has 0 aliphatic carbocycles. The van der Waals surface area contributed by atoms with Gasteiger partial charge in [-0.15, -0.1) is 0 Å². The summed E-state index contributed by atoms with van der Waals surface area (Å²) in [5.74, 6) is -0.0509. The molecule has 0 radical (unpaired) electrons. The molecule has 0 unspecified atom stereocenters. The highest BCUT2D eigenvalue weighted by molar-refractivity contribution is 5.65. The summed E-state index contributed by atoms with van der Waals surface area (Å²) < 4.78 is 17.9. The van der Waals surface area contributed by atoms with Gasteiger partial charge in [0.1, 0.15) is 0 Å². The molecular weight excluding hydrogens is 259 g/mol. The van der Waals surface area contributed by atoms with Crippen molar-refractivity contribution < 1.29 is 8.91 Å². The van der Waals surface area contributed by atoms with E-state index in [1.54, 1.807) is 24.3 Å². The van der Waals surface area contributed by atoms with Crippen LogP contribution in [-0.2, 0) is 0 Å². The van der Waals surface area contributed by atoms with Crippen molar-refractivity contribution in [3.8, 4) is 28.9 Å². The Morgan fingerprint density at radius 3 is 2.75 bits per heavy atom. The zero-order valence-corrected chi connectivity index (χ0v) is 10.1. The monoisotopic (exact) mass is 266 g/mol. The van der Waals surface area contributed by atoms with E-state index in [1.165, 1.54) is 18.3 Å². The average molecular weight is 266 g/mol. The Hall–Kier alpha value is -3.07. The van der Waals surface area contributed by atoms with Crippen LogP contribution >= 0.6 is 0 Å². The Bertz CT molecular complexity index is 789. The number of nitriles is 1. The molecule has 5 nitrogen and oxygen atoms in total. The molecule has 1 aromatic carbocycles. The van der Waals surface area contributed by atoms with Crippen molar-refractivity contribution >= 4 is 0 Å². The van der Waals surface area contributed by atoms with Crippen LogP contribution in [0.3, 0.4) is 0 Å². The molecule has 0 spiro atoms. The van der Waals surface area contributed by atoms with E-state index in [0.717, 1.165) is 0 Å². The minimum Gasteiger partial charge on any atom is -0.334 e. The van der Waals surface area contributed by atoms with Crippen LogP contribution in [0.4, 0.5) is 4.39 Å². The van der Waals surface area contributed by atoms with Crippen molar-refractivity contribution in [1.29, 1.82) is 5.26 Å². The quantitative estimate of drug-likeness (QED) is 0.666. The van der Waals surface area contributed by atoms with Gasteiger partial charge in [-0.2, -0.15) is 14.6 Å².